The number of rotatable bonds is 4. The number of halogens is 2. The van der Waals surface area contributed by atoms with Gasteiger partial charge in [0.1, 0.15) is 0 Å². The fourth-order valence-electron chi connectivity index (χ4n) is 3.35. The highest BCUT2D eigenvalue weighted by atomic mass is 35.5. The molecule has 1 amide bonds. The number of fused-ring (bicyclic) bond motifs is 1. The van der Waals surface area contributed by atoms with E-state index in [2.05, 4.69) is 16.5 Å². The van der Waals surface area contributed by atoms with E-state index in [4.69, 9.17) is 5.73 Å². The van der Waals surface area contributed by atoms with E-state index in [1.165, 1.54) is 0 Å². The molecular formula is C17H26Cl2N4O. The number of aryl methyl sites for hydroxylation is 1. The molecule has 5 nitrogen and oxygen atoms in total. The molecule has 1 aliphatic heterocycles. The Morgan fingerprint density at radius 3 is 2.83 bits per heavy atom. The third kappa shape index (κ3) is 4.41. The summed E-state index contributed by atoms with van der Waals surface area (Å²) in [7, 11) is 0. The lowest BCUT2D eigenvalue weighted by atomic mass is 9.92. The predicted octanol–water partition coefficient (Wildman–Crippen LogP) is 2.86. The van der Waals surface area contributed by atoms with Crippen LogP contribution in [0, 0.1) is 5.92 Å². The average molecular weight is 373 g/mol. The standard InChI is InChI=1S/C17H24N4O.2ClH/c1-13-6-9-21(14(10-13)11-18)17(22)7-8-20-12-19-15-4-2-3-5-16(15)20;;/h2-5,12-14H,6-11,18H2,1H3;2*1H. The summed E-state index contributed by atoms with van der Waals surface area (Å²) >= 11 is 0. The predicted molar refractivity (Wildman–Crippen MR) is 102 cm³/mol. The molecule has 2 atom stereocenters. The van der Waals surface area contributed by atoms with E-state index in [1.54, 1.807) is 0 Å². The monoisotopic (exact) mass is 372 g/mol. The van der Waals surface area contributed by atoms with Gasteiger partial charge in [0.2, 0.25) is 5.91 Å². The lowest BCUT2D eigenvalue weighted by Crippen LogP contribution is -2.49. The maximum absolute atomic E-state index is 12.5. The van der Waals surface area contributed by atoms with E-state index in [0.29, 0.717) is 25.4 Å². The van der Waals surface area contributed by atoms with E-state index in [1.807, 2.05) is 35.5 Å². The van der Waals surface area contributed by atoms with Crippen molar-refractivity contribution < 1.29 is 4.79 Å². The highest BCUT2D eigenvalue weighted by Gasteiger charge is 2.28. The van der Waals surface area contributed by atoms with Crippen molar-refractivity contribution in [2.24, 2.45) is 11.7 Å². The molecule has 0 spiro atoms. The maximum Gasteiger partial charge on any atom is 0.224 e. The topological polar surface area (TPSA) is 64.2 Å². The minimum Gasteiger partial charge on any atom is -0.338 e. The minimum atomic E-state index is 0. The van der Waals surface area contributed by atoms with Gasteiger partial charge in [0, 0.05) is 32.1 Å². The Morgan fingerprint density at radius 2 is 2.08 bits per heavy atom. The number of carbonyl (C=O) groups is 1. The van der Waals surface area contributed by atoms with Crippen LogP contribution in [0.3, 0.4) is 0 Å². The van der Waals surface area contributed by atoms with Crippen LogP contribution in [0.1, 0.15) is 26.2 Å². The zero-order valence-electron chi connectivity index (χ0n) is 13.9. The number of nitrogens with two attached hydrogens (primary N) is 1. The summed E-state index contributed by atoms with van der Waals surface area (Å²) in [6.45, 7) is 4.31. The third-order valence-electron chi connectivity index (χ3n) is 4.66. The van der Waals surface area contributed by atoms with Crippen molar-refractivity contribution in [2.75, 3.05) is 13.1 Å². The first-order chi connectivity index (χ1) is 10.7. The largest absolute Gasteiger partial charge is 0.338 e. The smallest absolute Gasteiger partial charge is 0.224 e. The lowest BCUT2D eigenvalue weighted by Gasteiger charge is -2.38. The molecule has 0 radical (unpaired) electrons. The molecule has 2 heterocycles. The Kier molecular flexibility index (Phi) is 8.00. The van der Waals surface area contributed by atoms with Gasteiger partial charge in [-0.3, -0.25) is 4.79 Å². The summed E-state index contributed by atoms with van der Waals surface area (Å²) in [4.78, 5) is 18.9. The van der Waals surface area contributed by atoms with Crippen LogP contribution in [0.5, 0.6) is 0 Å². The number of para-hydroxylation sites is 2. The number of likely N-dealkylation sites (tertiary alicyclic amines) is 1. The van der Waals surface area contributed by atoms with Crippen LogP contribution < -0.4 is 5.73 Å². The Morgan fingerprint density at radius 1 is 1.33 bits per heavy atom. The summed E-state index contributed by atoms with van der Waals surface area (Å²) in [5, 5.41) is 0. The lowest BCUT2D eigenvalue weighted by molar-refractivity contribution is -0.135. The van der Waals surface area contributed by atoms with Crippen molar-refractivity contribution in [3.8, 4) is 0 Å². The number of carbonyl (C=O) groups excluding carboxylic acids is 1. The van der Waals surface area contributed by atoms with Crippen LogP contribution in [-0.4, -0.2) is 39.5 Å². The molecule has 0 saturated carbocycles. The quantitative estimate of drug-likeness (QED) is 0.896. The molecule has 24 heavy (non-hydrogen) atoms. The maximum atomic E-state index is 12.5. The Labute approximate surface area is 155 Å². The van der Waals surface area contributed by atoms with Gasteiger partial charge in [-0.1, -0.05) is 19.1 Å². The summed E-state index contributed by atoms with van der Waals surface area (Å²) < 4.78 is 2.05. The molecule has 1 saturated heterocycles. The van der Waals surface area contributed by atoms with Crippen molar-refractivity contribution in [1.82, 2.24) is 14.5 Å². The van der Waals surface area contributed by atoms with E-state index >= 15 is 0 Å². The molecular weight excluding hydrogens is 347 g/mol. The molecule has 1 aromatic carbocycles. The number of nitrogens with zero attached hydrogens (tertiary/aromatic N) is 3. The van der Waals surface area contributed by atoms with Gasteiger partial charge in [0.05, 0.1) is 17.4 Å². The van der Waals surface area contributed by atoms with Crippen LogP contribution in [0.15, 0.2) is 30.6 Å². The number of hydrogen-bond donors (Lipinski definition) is 1. The molecule has 3 rings (SSSR count). The summed E-state index contributed by atoms with van der Waals surface area (Å²) in [5.74, 6) is 0.871. The van der Waals surface area contributed by atoms with Crippen LogP contribution in [-0.2, 0) is 11.3 Å². The number of benzene rings is 1. The minimum absolute atomic E-state index is 0. The fourth-order valence-corrected chi connectivity index (χ4v) is 3.35. The molecule has 1 aromatic heterocycles. The van der Waals surface area contributed by atoms with Crippen molar-refractivity contribution in [2.45, 2.75) is 38.8 Å². The van der Waals surface area contributed by atoms with E-state index in [0.717, 1.165) is 30.4 Å². The second-order valence-electron chi connectivity index (χ2n) is 6.28. The second kappa shape index (κ2) is 9.25. The van der Waals surface area contributed by atoms with Crippen LogP contribution in [0.4, 0.5) is 0 Å². The van der Waals surface area contributed by atoms with Gasteiger partial charge in [0.15, 0.2) is 0 Å². The van der Waals surface area contributed by atoms with Gasteiger partial charge in [-0.2, -0.15) is 0 Å². The SMILES string of the molecule is CC1CCN(C(=O)CCn2cnc3ccccc32)C(CN)C1.Cl.Cl. The van der Waals surface area contributed by atoms with Crippen LogP contribution >= 0.6 is 24.8 Å². The first-order valence-electron chi connectivity index (χ1n) is 8.08. The molecule has 0 aliphatic carbocycles. The van der Waals surface area contributed by atoms with Crippen molar-refractivity contribution in [3.05, 3.63) is 30.6 Å². The average Bonchev–Trinajstić information content (AvgIpc) is 2.95. The summed E-state index contributed by atoms with van der Waals surface area (Å²) in [6.07, 6.45) is 4.42. The van der Waals surface area contributed by atoms with E-state index < -0.39 is 0 Å². The molecule has 2 N–H and O–H groups in total. The zero-order valence-corrected chi connectivity index (χ0v) is 15.6. The molecule has 7 heteroatoms. The molecule has 134 valence electrons. The van der Waals surface area contributed by atoms with Gasteiger partial charge in [-0.25, -0.2) is 4.98 Å². The number of piperidine rings is 1. The summed E-state index contributed by atoms with van der Waals surface area (Å²) in [5.41, 5.74) is 7.90. The highest BCUT2D eigenvalue weighted by molar-refractivity contribution is 5.85. The van der Waals surface area contributed by atoms with Gasteiger partial charge in [-0.15, -0.1) is 24.8 Å². The van der Waals surface area contributed by atoms with Gasteiger partial charge < -0.3 is 15.2 Å². The van der Waals surface area contributed by atoms with E-state index in [-0.39, 0.29) is 36.8 Å². The van der Waals surface area contributed by atoms with Gasteiger partial charge in [0.25, 0.3) is 0 Å². The zero-order chi connectivity index (χ0) is 15.5. The van der Waals surface area contributed by atoms with E-state index in [9.17, 15) is 4.79 Å². The normalized spacial score (nSPS) is 20.3. The molecule has 2 aromatic rings. The third-order valence-corrected chi connectivity index (χ3v) is 4.66. The molecule has 2 unspecified atom stereocenters. The van der Waals surface area contributed by atoms with Crippen LogP contribution in [0.2, 0.25) is 0 Å². The second-order valence-corrected chi connectivity index (χ2v) is 6.28. The Hall–Kier alpha value is -1.30. The van der Waals surface area contributed by atoms with Crippen molar-refractivity contribution in [3.63, 3.8) is 0 Å². The Bertz CT molecular complexity index is 661. The summed E-state index contributed by atoms with van der Waals surface area (Å²) in [6, 6.07) is 8.21. The highest BCUT2D eigenvalue weighted by Crippen LogP contribution is 2.23. The van der Waals surface area contributed by atoms with Crippen molar-refractivity contribution in [1.29, 1.82) is 0 Å². The number of aromatic nitrogens is 2. The first-order valence-corrected chi connectivity index (χ1v) is 8.08. The molecule has 0 bridgehead atoms. The molecule has 1 fully saturated rings. The van der Waals surface area contributed by atoms with Crippen LogP contribution in [0.25, 0.3) is 11.0 Å². The Balaban J connectivity index is 0.00000144. The molecule has 1 aliphatic rings. The number of imidazole rings is 1. The number of hydrogen-bond acceptors (Lipinski definition) is 3. The van der Waals surface area contributed by atoms with Gasteiger partial charge >= 0.3 is 0 Å². The number of amides is 1. The van der Waals surface area contributed by atoms with Crippen molar-refractivity contribution >= 4 is 41.8 Å². The first kappa shape index (κ1) is 20.7. The fraction of sp³-hybridized carbons (Fsp3) is 0.529. The van der Waals surface area contributed by atoms with Gasteiger partial charge in [-0.05, 0) is 30.9 Å².